The zero-order chi connectivity index (χ0) is 23.2. The van der Waals surface area contributed by atoms with Crippen molar-refractivity contribution in [1.29, 1.82) is 0 Å². The van der Waals surface area contributed by atoms with Crippen LogP contribution in [0.3, 0.4) is 0 Å². The highest BCUT2D eigenvalue weighted by Gasteiger charge is 2.11. The number of amides is 1. The smallest absolute Gasteiger partial charge is 0.307 e. The van der Waals surface area contributed by atoms with E-state index in [1.165, 1.54) is 11.4 Å². The van der Waals surface area contributed by atoms with Crippen LogP contribution in [0.1, 0.15) is 33.3 Å². The van der Waals surface area contributed by atoms with E-state index in [9.17, 15) is 4.79 Å². The topological polar surface area (TPSA) is 78.0 Å². The molecule has 0 aliphatic rings. The average Bonchev–Trinajstić information content (AvgIpc) is 3.45. The van der Waals surface area contributed by atoms with Gasteiger partial charge in [-0.25, -0.2) is 5.43 Å². The van der Waals surface area contributed by atoms with E-state index in [1.54, 1.807) is 25.5 Å². The maximum Gasteiger partial charge on any atom is 0.307 e. The van der Waals surface area contributed by atoms with Gasteiger partial charge in [-0.05, 0) is 92.2 Å². The average molecular weight is 444 g/mol. The van der Waals surface area contributed by atoms with Crippen LogP contribution in [-0.2, 0) is 6.61 Å². The van der Waals surface area contributed by atoms with Crippen molar-refractivity contribution in [2.45, 2.75) is 20.5 Å². The molecule has 0 atom stereocenters. The highest BCUT2D eigenvalue weighted by molar-refractivity contribution is 5.92. The van der Waals surface area contributed by atoms with Crippen LogP contribution >= 0.6 is 0 Å². The largest absolute Gasteiger partial charge is 0.497 e. The van der Waals surface area contributed by atoms with Crippen molar-refractivity contribution in [2.75, 3.05) is 7.11 Å². The Labute approximate surface area is 192 Å². The monoisotopic (exact) mass is 443 g/mol. The highest BCUT2D eigenvalue weighted by atomic mass is 16.5. The predicted molar refractivity (Wildman–Crippen MR) is 126 cm³/mol. The van der Waals surface area contributed by atoms with E-state index >= 15 is 0 Å². The fourth-order valence-corrected chi connectivity index (χ4v) is 3.41. The molecule has 33 heavy (non-hydrogen) atoms. The zero-order valence-corrected chi connectivity index (χ0v) is 18.7. The number of aryl methyl sites for hydroxylation is 2. The molecule has 1 amide bonds. The lowest BCUT2D eigenvalue weighted by molar-refractivity contribution is 0.0923. The standard InChI is InChI=1S/C26H25N3O4/c1-18-4-5-19(2)29(18)21-8-12-23(13-9-21)32-17-24-14-15-25(33-24)26(30)28-27-16-20-6-10-22(31-3)11-7-20/h4-16H,17H2,1-3H3,(H,28,30)/b27-16+. The molecule has 7 heteroatoms. The molecule has 0 aliphatic heterocycles. The van der Waals surface area contributed by atoms with Gasteiger partial charge < -0.3 is 18.5 Å². The van der Waals surface area contributed by atoms with Gasteiger partial charge in [0.25, 0.3) is 0 Å². The van der Waals surface area contributed by atoms with Crippen LogP contribution in [0.25, 0.3) is 5.69 Å². The van der Waals surface area contributed by atoms with Crippen molar-refractivity contribution in [2.24, 2.45) is 5.10 Å². The second-order valence-corrected chi connectivity index (χ2v) is 7.47. The Balaban J connectivity index is 1.30. The molecule has 0 unspecified atom stereocenters. The summed E-state index contributed by atoms with van der Waals surface area (Å²) >= 11 is 0. The van der Waals surface area contributed by atoms with Crippen LogP contribution < -0.4 is 14.9 Å². The molecule has 2 heterocycles. The molecule has 0 saturated heterocycles. The van der Waals surface area contributed by atoms with Crippen LogP contribution in [0.5, 0.6) is 11.5 Å². The summed E-state index contributed by atoms with van der Waals surface area (Å²) in [6, 6.07) is 22.7. The summed E-state index contributed by atoms with van der Waals surface area (Å²) in [5.41, 5.74) is 6.72. The van der Waals surface area contributed by atoms with Crippen LogP contribution in [0.15, 0.2) is 82.3 Å². The number of furan rings is 1. The third-order valence-corrected chi connectivity index (χ3v) is 5.13. The first-order chi connectivity index (χ1) is 16.0. The van der Waals surface area contributed by atoms with E-state index in [-0.39, 0.29) is 12.4 Å². The van der Waals surface area contributed by atoms with Crippen molar-refractivity contribution >= 4 is 12.1 Å². The minimum absolute atomic E-state index is 0.161. The number of benzene rings is 2. The van der Waals surface area contributed by atoms with Gasteiger partial charge in [-0.2, -0.15) is 5.10 Å². The maximum atomic E-state index is 12.2. The van der Waals surface area contributed by atoms with Crippen LogP contribution in [-0.4, -0.2) is 23.8 Å². The molecule has 7 nitrogen and oxygen atoms in total. The van der Waals surface area contributed by atoms with Gasteiger partial charge in [-0.1, -0.05) is 0 Å². The number of methoxy groups -OCH3 is 1. The number of aromatic nitrogens is 1. The molecule has 0 radical (unpaired) electrons. The first kappa shape index (κ1) is 22.0. The number of nitrogens with one attached hydrogen (secondary N) is 1. The van der Waals surface area contributed by atoms with Gasteiger partial charge in [-0.3, -0.25) is 4.79 Å². The van der Waals surface area contributed by atoms with Gasteiger partial charge in [0.2, 0.25) is 0 Å². The Morgan fingerprint density at radius 3 is 2.27 bits per heavy atom. The van der Waals surface area contributed by atoms with E-state index in [1.807, 2.05) is 48.5 Å². The Kier molecular flexibility index (Phi) is 6.59. The lowest BCUT2D eigenvalue weighted by Crippen LogP contribution is -2.16. The molecule has 4 rings (SSSR count). The maximum absolute atomic E-state index is 12.2. The summed E-state index contributed by atoms with van der Waals surface area (Å²) < 4.78 is 18.7. The van der Waals surface area contributed by atoms with Crippen LogP contribution in [0.2, 0.25) is 0 Å². The van der Waals surface area contributed by atoms with Gasteiger partial charge in [-0.15, -0.1) is 0 Å². The van der Waals surface area contributed by atoms with E-state index in [0.29, 0.717) is 11.5 Å². The fraction of sp³-hybridized carbons (Fsp3) is 0.154. The number of hydrazone groups is 1. The van der Waals surface area contributed by atoms with Gasteiger partial charge in [0.15, 0.2) is 5.76 Å². The van der Waals surface area contributed by atoms with E-state index < -0.39 is 5.91 Å². The molecule has 168 valence electrons. The van der Waals surface area contributed by atoms with Gasteiger partial charge >= 0.3 is 5.91 Å². The van der Waals surface area contributed by atoms with Crippen molar-refractivity contribution in [1.82, 2.24) is 9.99 Å². The Morgan fingerprint density at radius 2 is 1.61 bits per heavy atom. The SMILES string of the molecule is COc1ccc(/C=N/NC(=O)c2ccc(COc3ccc(-n4c(C)ccc4C)cc3)o2)cc1. The Morgan fingerprint density at radius 1 is 0.939 bits per heavy atom. The van der Waals surface area contributed by atoms with Crippen molar-refractivity contribution < 1.29 is 18.7 Å². The summed E-state index contributed by atoms with van der Waals surface area (Å²) in [5.74, 6) is 1.74. The van der Waals surface area contributed by atoms with Crippen LogP contribution in [0, 0.1) is 13.8 Å². The van der Waals surface area contributed by atoms with E-state index in [2.05, 4.69) is 41.1 Å². The number of hydrogen-bond donors (Lipinski definition) is 1. The van der Waals surface area contributed by atoms with Crippen LogP contribution in [0.4, 0.5) is 0 Å². The highest BCUT2D eigenvalue weighted by Crippen LogP contribution is 2.21. The lowest BCUT2D eigenvalue weighted by atomic mass is 10.2. The number of rotatable bonds is 8. The lowest BCUT2D eigenvalue weighted by Gasteiger charge is -2.10. The third-order valence-electron chi connectivity index (χ3n) is 5.13. The number of hydrogen-bond acceptors (Lipinski definition) is 5. The van der Waals surface area contributed by atoms with Crippen molar-refractivity contribution in [3.05, 3.63) is 101 Å². The van der Waals surface area contributed by atoms with Crippen molar-refractivity contribution in [3.8, 4) is 17.2 Å². The molecule has 2 aromatic heterocycles. The third kappa shape index (κ3) is 5.33. The first-order valence-corrected chi connectivity index (χ1v) is 10.5. The van der Waals surface area contributed by atoms with Gasteiger partial charge in [0, 0.05) is 17.1 Å². The number of carbonyl (C=O) groups excluding carboxylic acids is 1. The molecule has 4 aromatic rings. The minimum atomic E-state index is -0.437. The second kappa shape index (κ2) is 9.91. The molecular weight excluding hydrogens is 418 g/mol. The normalized spacial score (nSPS) is 11.0. The molecule has 1 N–H and O–H groups in total. The van der Waals surface area contributed by atoms with E-state index in [4.69, 9.17) is 13.9 Å². The first-order valence-electron chi connectivity index (χ1n) is 10.5. The summed E-state index contributed by atoms with van der Waals surface area (Å²) in [7, 11) is 1.61. The Hall–Kier alpha value is -4.26. The number of carbonyl (C=O) groups is 1. The number of nitrogens with zero attached hydrogens (tertiary/aromatic N) is 2. The molecule has 2 aromatic carbocycles. The summed E-state index contributed by atoms with van der Waals surface area (Å²) in [5, 5.41) is 3.96. The summed E-state index contributed by atoms with van der Waals surface area (Å²) in [4.78, 5) is 12.2. The fourth-order valence-electron chi connectivity index (χ4n) is 3.41. The molecular formula is C26H25N3O4. The molecule has 0 aliphatic carbocycles. The minimum Gasteiger partial charge on any atom is -0.497 e. The van der Waals surface area contributed by atoms with Gasteiger partial charge in [0.05, 0.1) is 13.3 Å². The van der Waals surface area contributed by atoms with Crippen molar-refractivity contribution in [3.63, 3.8) is 0 Å². The second-order valence-electron chi connectivity index (χ2n) is 7.47. The molecule has 0 fully saturated rings. The summed E-state index contributed by atoms with van der Waals surface area (Å²) in [6.07, 6.45) is 1.55. The Bertz CT molecular complexity index is 1230. The zero-order valence-electron chi connectivity index (χ0n) is 18.7. The molecule has 0 bridgehead atoms. The number of ether oxygens (including phenoxy) is 2. The predicted octanol–water partition coefficient (Wildman–Crippen LogP) is 5.04. The quantitative estimate of drug-likeness (QED) is 0.306. The molecule has 0 saturated carbocycles. The molecule has 0 spiro atoms. The van der Waals surface area contributed by atoms with Gasteiger partial charge in [0.1, 0.15) is 23.9 Å². The van der Waals surface area contributed by atoms with E-state index in [0.717, 1.165) is 17.0 Å². The summed E-state index contributed by atoms with van der Waals surface area (Å²) in [6.45, 7) is 4.36.